The molecule has 1 aliphatic heterocycles. The highest BCUT2D eigenvalue weighted by atomic mass is 19.1. The van der Waals surface area contributed by atoms with Gasteiger partial charge in [-0.05, 0) is 23.3 Å². The van der Waals surface area contributed by atoms with Crippen LogP contribution in [0.3, 0.4) is 0 Å². The number of aromatic nitrogens is 1. The fourth-order valence-corrected chi connectivity index (χ4v) is 2.64. The molecule has 1 aliphatic rings. The maximum absolute atomic E-state index is 12.9. The topological polar surface area (TPSA) is 76.3 Å². The molecule has 2 amide bonds. The van der Waals surface area contributed by atoms with Crippen LogP contribution in [-0.2, 0) is 17.8 Å². The summed E-state index contributed by atoms with van der Waals surface area (Å²) in [5, 5.41) is 0. The summed E-state index contributed by atoms with van der Waals surface area (Å²) in [7, 11) is 0. The molecule has 0 saturated carbocycles. The molecule has 2 N–H and O–H groups in total. The molecule has 1 aromatic heterocycles. The third-order valence-electron chi connectivity index (χ3n) is 3.78. The Morgan fingerprint density at radius 3 is 2.55 bits per heavy atom. The minimum atomic E-state index is -0.728. The fourth-order valence-electron chi connectivity index (χ4n) is 2.64. The lowest BCUT2D eigenvalue weighted by Crippen LogP contribution is -2.51. The minimum absolute atomic E-state index is 0.0898. The molecule has 0 saturated heterocycles. The van der Waals surface area contributed by atoms with Crippen LogP contribution in [-0.4, -0.2) is 27.7 Å². The molecule has 0 radical (unpaired) electrons. The van der Waals surface area contributed by atoms with E-state index in [-0.39, 0.29) is 12.2 Å². The van der Waals surface area contributed by atoms with Crippen LogP contribution in [0.15, 0.2) is 42.6 Å². The van der Waals surface area contributed by atoms with Crippen molar-refractivity contribution in [1.29, 1.82) is 0 Å². The van der Waals surface area contributed by atoms with Gasteiger partial charge < -0.3 is 10.6 Å². The number of nitrogens with zero attached hydrogens (tertiary/aromatic N) is 2. The average Bonchev–Trinajstić information content (AvgIpc) is 2.53. The molecule has 2 heterocycles. The van der Waals surface area contributed by atoms with Crippen LogP contribution in [0.2, 0.25) is 0 Å². The molecular formula is C16H14FN3O2. The van der Waals surface area contributed by atoms with Gasteiger partial charge in [0.1, 0.15) is 17.6 Å². The predicted molar refractivity (Wildman–Crippen MR) is 77.2 cm³/mol. The summed E-state index contributed by atoms with van der Waals surface area (Å²) in [6, 6.07) is 9.33. The number of nitrogens with two attached hydrogens (primary N) is 1. The van der Waals surface area contributed by atoms with Gasteiger partial charge in [-0.25, -0.2) is 9.37 Å². The monoisotopic (exact) mass is 299 g/mol. The van der Waals surface area contributed by atoms with Crippen molar-refractivity contribution < 1.29 is 14.0 Å². The van der Waals surface area contributed by atoms with Gasteiger partial charge in [0.05, 0.1) is 6.20 Å². The molecule has 3 rings (SSSR count). The number of benzene rings is 1. The molecule has 2 aromatic rings. The zero-order valence-corrected chi connectivity index (χ0v) is 11.7. The zero-order chi connectivity index (χ0) is 15.7. The van der Waals surface area contributed by atoms with E-state index in [0.29, 0.717) is 6.42 Å². The Morgan fingerprint density at radius 1 is 1.18 bits per heavy atom. The van der Waals surface area contributed by atoms with E-state index in [0.717, 1.165) is 23.4 Å². The molecular weight excluding hydrogens is 285 g/mol. The standard InChI is InChI=1S/C16H14FN3O2/c17-12-5-6-13(19-8-12)16(22)20-9-11-4-2-1-3-10(11)7-14(20)15(18)21/h1-6,8,14H,7,9H2,(H2,18,21)/t14-/m0/s1. The number of rotatable bonds is 2. The normalized spacial score (nSPS) is 17.0. The number of amides is 2. The largest absolute Gasteiger partial charge is 0.368 e. The molecule has 0 unspecified atom stereocenters. The van der Waals surface area contributed by atoms with Crippen molar-refractivity contribution in [3.8, 4) is 0 Å². The Labute approximate surface area is 126 Å². The van der Waals surface area contributed by atoms with Gasteiger partial charge in [-0.1, -0.05) is 24.3 Å². The Balaban J connectivity index is 1.95. The first-order valence-electron chi connectivity index (χ1n) is 6.85. The van der Waals surface area contributed by atoms with E-state index in [2.05, 4.69) is 4.98 Å². The van der Waals surface area contributed by atoms with Crippen molar-refractivity contribution in [3.05, 3.63) is 65.2 Å². The summed E-state index contributed by atoms with van der Waals surface area (Å²) < 4.78 is 12.9. The Morgan fingerprint density at radius 2 is 1.91 bits per heavy atom. The Hall–Kier alpha value is -2.76. The zero-order valence-electron chi connectivity index (χ0n) is 11.7. The van der Waals surface area contributed by atoms with Gasteiger partial charge in [-0.2, -0.15) is 0 Å². The number of halogens is 1. The first kappa shape index (κ1) is 14.2. The number of primary amides is 1. The number of fused-ring (bicyclic) bond motifs is 1. The highest BCUT2D eigenvalue weighted by Crippen LogP contribution is 2.24. The van der Waals surface area contributed by atoms with Crippen LogP contribution in [0.5, 0.6) is 0 Å². The molecule has 1 atom stereocenters. The number of carbonyl (C=O) groups excluding carboxylic acids is 2. The number of hydrogen-bond donors (Lipinski definition) is 1. The Bertz CT molecular complexity index is 730. The quantitative estimate of drug-likeness (QED) is 0.907. The smallest absolute Gasteiger partial charge is 0.273 e. The van der Waals surface area contributed by atoms with Crippen LogP contribution in [0.4, 0.5) is 4.39 Å². The summed E-state index contributed by atoms with van der Waals surface area (Å²) >= 11 is 0. The fraction of sp³-hybridized carbons (Fsp3) is 0.188. The van der Waals surface area contributed by atoms with E-state index in [1.807, 2.05) is 24.3 Å². The molecule has 6 heteroatoms. The number of pyridine rings is 1. The SMILES string of the molecule is NC(=O)[C@@H]1Cc2ccccc2CN1C(=O)c1ccc(F)cn1. The van der Waals surface area contributed by atoms with E-state index in [9.17, 15) is 14.0 Å². The summed E-state index contributed by atoms with van der Waals surface area (Å²) in [5.74, 6) is -1.52. The van der Waals surface area contributed by atoms with Crippen molar-refractivity contribution in [2.75, 3.05) is 0 Å². The molecule has 22 heavy (non-hydrogen) atoms. The summed E-state index contributed by atoms with van der Waals surface area (Å²) in [5.41, 5.74) is 7.50. The summed E-state index contributed by atoms with van der Waals surface area (Å²) in [6.45, 7) is 0.279. The van der Waals surface area contributed by atoms with Crippen LogP contribution >= 0.6 is 0 Å². The van der Waals surface area contributed by atoms with Crippen molar-refractivity contribution in [2.24, 2.45) is 5.73 Å². The molecule has 0 fully saturated rings. The van der Waals surface area contributed by atoms with Gasteiger partial charge in [0.25, 0.3) is 5.91 Å². The molecule has 0 spiro atoms. The number of carbonyl (C=O) groups is 2. The van der Waals surface area contributed by atoms with Crippen LogP contribution in [0, 0.1) is 5.82 Å². The van der Waals surface area contributed by atoms with Gasteiger partial charge in [0, 0.05) is 13.0 Å². The van der Waals surface area contributed by atoms with Crippen molar-refractivity contribution in [3.63, 3.8) is 0 Å². The maximum atomic E-state index is 12.9. The van der Waals surface area contributed by atoms with Crippen molar-refractivity contribution in [2.45, 2.75) is 19.0 Å². The van der Waals surface area contributed by atoms with Gasteiger partial charge >= 0.3 is 0 Å². The second-order valence-electron chi connectivity index (χ2n) is 5.19. The average molecular weight is 299 g/mol. The van der Waals surface area contributed by atoms with E-state index in [1.165, 1.54) is 11.0 Å². The first-order valence-corrected chi connectivity index (χ1v) is 6.85. The predicted octanol–water partition coefficient (Wildman–Crippen LogP) is 1.27. The van der Waals surface area contributed by atoms with Crippen LogP contribution in [0.25, 0.3) is 0 Å². The van der Waals surface area contributed by atoms with Gasteiger partial charge in [-0.15, -0.1) is 0 Å². The van der Waals surface area contributed by atoms with Gasteiger partial charge in [0.2, 0.25) is 5.91 Å². The second kappa shape index (κ2) is 5.55. The molecule has 112 valence electrons. The highest BCUT2D eigenvalue weighted by Gasteiger charge is 2.34. The maximum Gasteiger partial charge on any atom is 0.273 e. The van der Waals surface area contributed by atoms with E-state index < -0.39 is 23.7 Å². The lowest BCUT2D eigenvalue weighted by Gasteiger charge is -2.34. The summed E-state index contributed by atoms with van der Waals surface area (Å²) in [6.07, 6.45) is 1.35. The molecule has 0 bridgehead atoms. The van der Waals surface area contributed by atoms with E-state index in [4.69, 9.17) is 5.73 Å². The summed E-state index contributed by atoms with van der Waals surface area (Å²) in [4.78, 5) is 29.5. The van der Waals surface area contributed by atoms with Crippen molar-refractivity contribution in [1.82, 2.24) is 9.88 Å². The van der Waals surface area contributed by atoms with Gasteiger partial charge in [0.15, 0.2) is 0 Å². The number of hydrogen-bond acceptors (Lipinski definition) is 3. The molecule has 5 nitrogen and oxygen atoms in total. The Kier molecular flexibility index (Phi) is 3.58. The van der Waals surface area contributed by atoms with Crippen molar-refractivity contribution >= 4 is 11.8 Å². The molecule has 1 aromatic carbocycles. The third kappa shape index (κ3) is 2.55. The van der Waals surface area contributed by atoms with Crippen LogP contribution in [0.1, 0.15) is 21.6 Å². The molecule has 0 aliphatic carbocycles. The third-order valence-corrected chi connectivity index (χ3v) is 3.78. The van der Waals surface area contributed by atoms with Crippen LogP contribution < -0.4 is 5.73 Å². The van der Waals surface area contributed by atoms with Gasteiger partial charge in [-0.3, -0.25) is 9.59 Å². The van der Waals surface area contributed by atoms with E-state index in [1.54, 1.807) is 0 Å². The highest BCUT2D eigenvalue weighted by molar-refractivity contribution is 5.96. The second-order valence-corrected chi connectivity index (χ2v) is 5.19. The first-order chi connectivity index (χ1) is 10.6. The van der Waals surface area contributed by atoms with E-state index >= 15 is 0 Å². The lowest BCUT2D eigenvalue weighted by molar-refractivity contribution is -0.122. The lowest BCUT2D eigenvalue weighted by atomic mass is 9.93. The minimum Gasteiger partial charge on any atom is -0.368 e.